The zero-order valence-electron chi connectivity index (χ0n) is 11.6. The number of rotatable bonds is 2. The first-order valence-corrected chi connectivity index (χ1v) is 6.84. The van der Waals surface area contributed by atoms with Crippen molar-refractivity contribution in [2.24, 2.45) is 10.9 Å². The number of esters is 1. The van der Waals surface area contributed by atoms with Crippen molar-refractivity contribution in [2.45, 2.75) is 44.8 Å². The van der Waals surface area contributed by atoms with Gasteiger partial charge in [0.05, 0.1) is 5.71 Å². The van der Waals surface area contributed by atoms with E-state index in [0.717, 1.165) is 24.8 Å². The lowest BCUT2D eigenvalue weighted by atomic mass is 9.72. The molecule has 0 N–H and O–H groups in total. The van der Waals surface area contributed by atoms with Gasteiger partial charge < -0.3 is 9.47 Å². The van der Waals surface area contributed by atoms with Crippen LogP contribution in [0.5, 0.6) is 0 Å². The van der Waals surface area contributed by atoms with Crippen LogP contribution in [0.2, 0.25) is 0 Å². The Bertz CT molecular complexity index is 560. The normalized spacial score (nSPS) is 35.7. The van der Waals surface area contributed by atoms with Gasteiger partial charge in [-0.1, -0.05) is 6.08 Å². The van der Waals surface area contributed by atoms with E-state index >= 15 is 0 Å². The van der Waals surface area contributed by atoms with E-state index in [1.165, 1.54) is 0 Å². The number of carbonyl (C=O) groups is 2. The Morgan fingerprint density at radius 1 is 1.55 bits per heavy atom. The zero-order valence-corrected chi connectivity index (χ0v) is 11.6. The number of cyclic esters (lactones) is 1. The Morgan fingerprint density at radius 3 is 3.10 bits per heavy atom. The summed E-state index contributed by atoms with van der Waals surface area (Å²) in [6.45, 7) is 4.19. The number of ether oxygens (including phenoxy) is 2. The SMILES string of the molecule is CC1=CC2=N[C@]3(C)C(=C[C@H]2C(=O)O1)CCCC3OC=O. The van der Waals surface area contributed by atoms with E-state index in [1.807, 2.05) is 13.0 Å². The third-order valence-corrected chi connectivity index (χ3v) is 4.32. The van der Waals surface area contributed by atoms with Crippen molar-refractivity contribution in [3.8, 4) is 0 Å². The third kappa shape index (κ3) is 1.88. The van der Waals surface area contributed by atoms with Gasteiger partial charge in [0, 0.05) is 0 Å². The second-order valence-electron chi connectivity index (χ2n) is 5.64. The first-order chi connectivity index (χ1) is 9.54. The Kier molecular flexibility index (Phi) is 3.00. The minimum Gasteiger partial charge on any atom is -0.462 e. The highest BCUT2D eigenvalue weighted by Gasteiger charge is 2.46. The molecule has 0 spiro atoms. The van der Waals surface area contributed by atoms with Crippen LogP contribution in [0, 0.1) is 5.92 Å². The molecular formula is C15H17NO4. The Labute approximate surface area is 117 Å². The second kappa shape index (κ2) is 4.58. The lowest BCUT2D eigenvalue weighted by Crippen LogP contribution is -2.48. The molecule has 0 aromatic carbocycles. The van der Waals surface area contributed by atoms with E-state index < -0.39 is 11.5 Å². The molecule has 0 amide bonds. The van der Waals surface area contributed by atoms with E-state index in [1.54, 1.807) is 13.0 Å². The molecule has 1 unspecified atom stereocenters. The van der Waals surface area contributed by atoms with E-state index in [2.05, 4.69) is 0 Å². The van der Waals surface area contributed by atoms with Gasteiger partial charge >= 0.3 is 5.97 Å². The number of carbonyl (C=O) groups excluding carboxylic acids is 2. The van der Waals surface area contributed by atoms with Gasteiger partial charge in [0.1, 0.15) is 23.3 Å². The van der Waals surface area contributed by atoms with Crippen LogP contribution < -0.4 is 0 Å². The van der Waals surface area contributed by atoms with Gasteiger partial charge in [-0.15, -0.1) is 0 Å². The molecule has 3 rings (SSSR count). The van der Waals surface area contributed by atoms with Crippen LogP contribution in [0.4, 0.5) is 0 Å². The first kappa shape index (κ1) is 13.1. The maximum absolute atomic E-state index is 11.9. The molecule has 3 aliphatic rings. The average Bonchev–Trinajstić information content (AvgIpc) is 2.38. The average molecular weight is 275 g/mol. The molecule has 1 saturated carbocycles. The predicted octanol–water partition coefficient (Wildman–Crippen LogP) is 1.93. The molecule has 0 bridgehead atoms. The molecule has 0 radical (unpaired) electrons. The van der Waals surface area contributed by atoms with E-state index in [4.69, 9.17) is 14.5 Å². The number of aliphatic imine (C=N–C) groups is 1. The van der Waals surface area contributed by atoms with Gasteiger partial charge in [-0.25, -0.2) is 0 Å². The van der Waals surface area contributed by atoms with Crippen LogP contribution in [-0.2, 0) is 19.1 Å². The summed E-state index contributed by atoms with van der Waals surface area (Å²) < 4.78 is 10.4. The topological polar surface area (TPSA) is 65.0 Å². The van der Waals surface area contributed by atoms with Crippen molar-refractivity contribution < 1.29 is 19.1 Å². The molecule has 1 aliphatic carbocycles. The number of fused-ring (bicyclic) bond motifs is 2. The summed E-state index contributed by atoms with van der Waals surface area (Å²) >= 11 is 0. The quantitative estimate of drug-likeness (QED) is 0.439. The maximum atomic E-state index is 11.9. The van der Waals surface area contributed by atoms with Crippen molar-refractivity contribution in [1.29, 1.82) is 0 Å². The van der Waals surface area contributed by atoms with Gasteiger partial charge in [0.15, 0.2) is 0 Å². The molecule has 3 atom stereocenters. The molecular weight excluding hydrogens is 258 g/mol. The van der Waals surface area contributed by atoms with Crippen LogP contribution in [-0.4, -0.2) is 29.8 Å². The summed E-state index contributed by atoms with van der Waals surface area (Å²) in [4.78, 5) is 27.4. The lowest BCUT2D eigenvalue weighted by molar-refractivity contribution is -0.141. The summed E-state index contributed by atoms with van der Waals surface area (Å²) in [5.41, 5.74) is 1.21. The number of hydrogen-bond donors (Lipinski definition) is 0. The molecule has 2 aliphatic heterocycles. The van der Waals surface area contributed by atoms with Gasteiger partial charge in [-0.2, -0.15) is 0 Å². The summed E-state index contributed by atoms with van der Waals surface area (Å²) in [5.74, 6) is -0.150. The van der Waals surface area contributed by atoms with Gasteiger partial charge in [-0.3, -0.25) is 14.6 Å². The van der Waals surface area contributed by atoms with Crippen molar-refractivity contribution in [3.05, 3.63) is 23.5 Å². The molecule has 0 aromatic heterocycles. The van der Waals surface area contributed by atoms with E-state index in [0.29, 0.717) is 17.9 Å². The highest BCUT2D eigenvalue weighted by Crippen LogP contribution is 2.42. The highest BCUT2D eigenvalue weighted by molar-refractivity contribution is 6.13. The summed E-state index contributed by atoms with van der Waals surface area (Å²) in [7, 11) is 0. The Hall–Kier alpha value is -1.91. The van der Waals surface area contributed by atoms with Crippen molar-refractivity contribution in [2.75, 3.05) is 0 Å². The molecule has 5 nitrogen and oxygen atoms in total. The van der Waals surface area contributed by atoms with Gasteiger partial charge in [0.2, 0.25) is 0 Å². The highest BCUT2D eigenvalue weighted by atomic mass is 16.5. The number of allylic oxidation sites excluding steroid dienone is 2. The first-order valence-electron chi connectivity index (χ1n) is 6.84. The lowest BCUT2D eigenvalue weighted by Gasteiger charge is -2.43. The predicted molar refractivity (Wildman–Crippen MR) is 72.1 cm³/mol. The van der Waals surface area contributed by atoms with E-state index in [9.17, 15) is 9.59 Å². The maximum Gasteiger partial charge on any atom is 0.323 e. The zero-order chi connectivity index (χ0) is 14.3. The van der Waals surface area contributed by atoms with Crippen molar-refractivity contribution in [3.63, 3.8) is 0 Å². The van der Waals surface area contributed by atoms with Crippen LogP contribution in [0.3, 0.4) is 0 Å². The van der Waals surface area contributed by atoms with Crippen LogP contribution in [0.25, 0.3) is 0 Å². The largest absolute Gasteiger partial charge is 0.462 e. The Balaban J connectivity index is 2.05. The second-order valence-corrected chi connectivity index (χ2v) is 5.64. The summed E-state index contributed by atoms with van der Waals surface area (Å²) in [5, 5.41) is 0. The van der Waals surface area contributed by atoms with Crippen LogP contribution in [0.15, 0.2) is 28.5 Å². The number of nitrogens with zero attached hydrogens (tertiary/aromatic N) is 1. The van der Waals surface area contributed by atoms with Gasteiger partial charge in [0.25, 0.3) is 6.47 Å². The fourth-order valence-electron chi connectivity index (χ4n) is 3.28. The molecule has 2 heterocycles. The smallest absolute Gasteiger partial charge is 0.323 e. The van der Waals surface area contributed by atoms with Crippen LogP contribution in [0.1, 0.15) is 33.1 Å². The number of dihydropyridines is 1. The minimum absolute atomic E-state index is 0.264. The molecule has 1 fully saturated rings. The van der Waals surface area contributed by atoms with Crippen LogP contribution >= 0.6 is 0 Å². The molecule has 0 saturated heterocycles. The fraction of sp³-hybridized carbons (Fsp3) is 0.533. The molecule has 0 aromatic rings. The molecule has 106 valence electrons. The monoisotopic (exact) mass is 275 g/mol. The van der Waals surface area contributed by atoms with Gasteiger partial charge in [-0.05, 0) is 44.8 Å². The molecule has 20 heavy (non-hydrogen) atoms. The standard InChI is InChI=1S/C15H17NO4/c1-9-6-12-11(14(18)20-9)7-10-4-3-5-13(19-8-17)15(10,2)16-12/h6-8,11,13H,3-5H2,1-2H3/t11-,13?,15-/m1/s1. The summed E-state index contributed by atoms with van der Waals surface area (Å²) in [6.07, 6.45) is 6.06. The fourth-order valence-corrected chi connectivity index (χ4v) is 3.28. The number of hydrogen-bond acceptors (Lipinski definition) is 5. The van der Waals surface area contributed by atoms with Crippen molar-refractivity contribution in [1.82, 2.24) is 0 Å². The Morgan fingerprint density at radius 2 is 2.35 bits per heavy atom. The van der Waals surface area contributed by atoms with E-state index in [-0.39, 0.29) is 12.1 Å². The third-order valence-electron chi connectivity index (χ3n) is 4.32. The molecule has 5 heteroatoms. The van der Waals surface area contributed by atoms with Crippen molar-refractivity contribution >= 4 is 18.2 Å². The minimum atomic E-state index is -0.556. The summed E-state index contributed by atoms with van der Waals surface area (Å²) in [6, 6.07) is 0.